The van der Waals surface area contributed by atoms with Crippen molar-refractivity contribution in [1.82, 2.24) is 19.7 Å². The van der Waals surface area contributed by atoms with Gasteiger partial charge < -0.3 is 10.2 Å². The van der Waals surface area contributed by atoms with E-state index in [0.717, 1.165) is 39.5 Å². The molecule has 1 N–H and O–H groups in total. The van der Waals surface area contributed by atoms with Gasteiger partial charge in [-0.3, -0.25) is 4.79 Å². The second-order valence-electron chi connectivity index (χ2n) is 8.56. The molecule has 0 radical (unpaired) electrons. The number of nitrogens with one attached hydrogen (secondary N) is 1. The summed E-state index contributed by atoms with van der Waals surface area (Å²) in [5.74, 6) is 1.35. The minimum atomic E-state index is -0.0833. The lowest BCUT2D eigenvalue weighted by Gasteiger charge is -2.18. The van der Waals surface area contributed by atoms with Crippen molar-refractivity contribution in [2.75, 3.05) is 30.1 Å². The Morgan fingerprint density at radius 3 is 2.32 bits per heavy atom. The number of carbonyl (C=O) groups is 1. The van der Waals surface area contributed by atoms with Gasteiger partial charge in [0, 0.05) is 42.3 Å². The largest absolute Gasteiger partial charge is 0.378 e. The fraction of sp³-hybridized carbons (Fsp3) is 0.231. The van der Waals surface area contributed by atoms with Gasteiger partial charge in [-0.2, -0.15) is 9.78 Å². The quantitative estimate of drug-likeness (QED) is 0.462. The minimum absolute atomic E-state index is 0.0659. The molecule has 0 saturated heterocycles. The summed E-state index contributed by atoms with van der Waals surface area (Å²) < 4.78 is 1.68. The molecule has 0 saturated carbocycles. The number of rotatable bonds is 4. The Kier molecular flexibility index (Phi) is 5.83. The van der Waals surface area contributed by atoms with E-state index in [1.165, 1.54) is 0 Å². The van der Waals surface area contributed by atoms with Gasteiger partial charge in [-0.25, -0.2) is 9.97 Å². The number of aryl methyl sites for hydroxylation is 2. The van der Waals surface area contributed by atoms with Gasteiger partial charge >= 0.3 is 0 Å². The molecule has 0 fully saturated rings. The van der Waals surface area contributed by atoms with Crippen molar-refractivity contribution in [3.63, 3.8) is 0 Å². The van der Waals surface area contributed by atoms with Crippen molar-refractivity contribution in [2.24, 2.45) is 0 Å². The zero-order chi connectivity index (χ0) is 23.8. The zero-order valence-corrected chi connectivity index (χ0v) is 20.4. The van der Waals surface area contributed by atoms with Gasteiger partial charge in [0.05, 0.1) is 16.7 Å². The maximum absolute atomic E-state index is 12.8. The Morgan fingerprint density at radius 2 is 1.68 bits per heavy atom. The van der Waals surface area contributed by atoms with E-state index in [1.54, 1.807) is 16.4 Å². The van der Waals surface area contributed by atoms with Crippen LogP contribution in [0.1, 0.15) is 27.8 Å². The van der Waals surface area contributed by atoms with Crippen molar-refractivity contribution in [1.29, 1.82) is 0 Å². The third kappa shape index (κ3) is 4.17. The van der Waals surface area contributed by atoms with Crippen molar-refractivity contribution >= 4 is 29.2 Å². The number of fused-ring (bicyclic) bond motifs is 1. The molecule has 172 valence electrons. The molecule has 8 heteroatoms. The normalized spacial score (nSPS) is 15.4. The van der Waals surface area contributed by atoms with E-state index in [1.807, 2.05) is 64.3 Å². The van der Waals surface area contributed by atoms with Gasteiger partial charge in [-0.05, 0) is 37.6 Å². The molecule has 4 aromatic rings. The molecule has 1 aliphatic rings. The first kappa shape index (κ1) is 22.2. The van der Waals surface area contributed by atoms with Crippen molar-refractivity contribution in [2.45, 2.75) is 19.1 Å². The Balaban J connectivity index is 1.76. The first-order chi connectivity index (χ1) is 16.4. The van der Waals surface area contributed by atoms with Gasteiger partial charge in [-0.15, -0.1) is 11.8 Å². The van der Waals surface area contributed by atoms with Crippen LogP contribution in [0.5, 0.6) is 0 Å². The number of carbonyl (C=O) groups excluding carboxylic acids is 1. The highest BCUT2D eigenvalue weighted by Crippen LogP contribution is 2.46. The lowest BCUT2D eigenvalue weighted by molar-refractivity contribution is -0.113. The maximum Gasteiger partial charge on any atom is 0.252 e. The molecule has 0 bridgehead atoms. The number of aromatic nitrogens is 4. The second kappa shape index (κ2) is 8.95. The summed E-state index contributed by atoms with van der Waals surface area (Å²) in [6.07, 6.45) is 0. The van der Waals surface area contributed by atoms with Gasteiger partial charge in [0.1, 0.15) is 5.82 Å². The SMILES string of the molecule is Cc1cc(C)nc(-n2nc(-c3ccccc3)c3c2NC(=O)CS[C@@H]3c2ccc(N(C)C)cc2)n1. The van der Waals surface area contributed by atoms with Crippen LogP contribution < -0.4 is 10.2 Å². The van der Waals surface area contributed by atoms with Gasteiger partial charge in [-0.1, -0.05) is 42.5 Å². The third-order valence-electron chi connectivity index (χ3n) is 5.74. The molecule has 2 aromatic carbocycles. The molecule has 3 heterocycles. The number of anilines is 2. The van der Waals surface area contributed by atoms with Crippen LogP contribution in [-0.4, -0.2) is 45.5 Å². The predicted octanol–water partition coefficient (Wildman–Crippen LogP) is 4.79. The highest BCUT2D eigenvalue weighted by atomic mass is 32.2. The second-order valence-corrected chi connectivity index (χ2v) is 9.66. The number of hydrogen-bond acceptors (Lipinski definition) is 6. The van der Waals surface area contributed by atoms with E-state index in [4.69, 9.17) is 5.10 Å². The lowest BCUT2D eigenvalue weighted by atomic mass is 9.99. The Hall–Kier alpha value is -3.65. The molecule has 1 amide bonds. The van der Waals surface area contributed by atoms with Crippen molar-refractivity contribution in [3.05, 3.63) is 83.2 Å². The van der Waals surface area contributed by atoms with Crippen LogP contribution in [-0.2, 0) is 4.79 Å². The van der Waals surface area contributed by atoms with Crippen LogP contribution in [0, 0.1) is 13.8 Å². The van der Waals surface area contributed by atoms with Crippen LogP contribution in [0.4, 0.5) is 11.5 Å². The Labute approximate surface area is 203 Å². The van der Waals surface area contributed by atoms with Crippen molar-refractivity contribution < 1.29 is 4.79 Å². The number of amides is 1. The van der Waals surface area contributed by atoms with Crippen LogP contribution in [0.25, 0.3) is 17.2 Å². The van der Waals surface area contributed by atoms with E-state index >= 15 is 0 Å². The third-order valence-corrected chi connectivity index (χ3v) is 7.01. The number of hydrogen-bond donors (Lipinski definition) is 1. The number of thioether (sulfide) groups is 1. The van der Waals surface area contributed by atoms with Crippen molar-refractivity contribution in [3.8, 4) is 17.2 Å². The van der Waals surface area contributed by atoms with Gasteiger partial charge in [0.15, 0.2) is 0 Å². The summed E-state index contributed by atoms with van der Waals surface area (Å²) >= 11 is 1.61. The van der Waals surface area contributed by atoms with Crippen LogP contribution >= 0.6 is 11.8 Å². The van der Waals surface area contributed by atoms with E-state index in [2.05, 4.69) is 44.5 Å². The van der Waals surface area contributed by atoms with E-state index in [9.17, 15) is 4.79 Å². The molecule has 1 aliphatic heterocycles. The standard InChI is InChI=1S/C26H26N6OS/c1-16-14-17(2)28-26(27-16)32-25-22(23(30-32)18-8-6-5-7-9-18)24(34-15-21(33)29-25)19-10-12-20(13-11-19)31(3)4/h5-14,24H,15H2,1-4H3,(H,29,33)/t24-/m1/s1. The zero-order valence-electron chi connectivity index (χ0n) is 19.6. The maximum atomic E-state index is 12.8. The van der Waals surface area contributed by atoms with Crippen LogP contribution in [0.3, 0.4) is 0 Å². The van der Waals surface area contributed by atoms with Crippen LogP contribution in [0.15, 0.2) is 60.7 Å². The van der Waals surface area contributed by atoms with Crippen LogP contribution in [0.2, 0.25) is 0 Å². The molecule has 1 atom stereocenters. The molecular weight excluding hydrogens is 444 g/mol. The predicted molar refractivity (Wildman–Crippen MR) is 138 cm³/mol. The Bertz CT molecular complexity index is 1330. The lowest BCUT2D eigenvalue weighted by Crippen LogP contribution is -2.17. The summed E-state index contributed by atoms with van der Waals surface area (Å²) in [7, 11) is 4.05. The first-order valence-electron chi connectivity index (χ1n) is 11.1. The monoisotopic (exact) mass is 470 g/mol. The molecule has 0 unspecified atom stereocenters. The van der Waals surface area contributed by atoms with Gasteiger partial charge in [0.2, 0.25) is 5.91 Å². The topological polar surface area (TPSA) is 75.9 Å². The fourth-order valence-corrected chi connectivity index (χ4v) is 5.31. The minimum Gasteiger partial charge on any atom is -0.378 e. The summed E-state index contributed by atoms with van der Waals surface area (Å²) in [4.78, 5) is 24.1. The van der Waals surface area contributed by atoms with E-state index in [0.29, 0.717) is 17.5 Å². The summed E-state index contributed by atoms with van der Waals surface area (Å²) in [6, 6.07) is 20.5. The van der Waals surface area contributed by atoms with Gasteiger partial charge in [0.25, 0.3) is 5.95 Å². The molecular formula is C26H26N6OS. The molecule has 0 aliphatic carbocycles. The fourth-order valence-electron chi connectivity index (χ4n) is 4.18. The highest BCUT2D eigenvalue weighted by Gasteiger charge is 2.33. The molecule has 7 nitrogen and oxygen atoms in total. The number of nitrogens with zero attached hydrogens (tertiary/aromatic N) is 5. The summed E-state index contributed by atoms with van der Waals surface area (Å²) in [5.41, 5.74) is 6.69. The smallest absolute Gasteiger partial charge is 0.252 e. The Morgan fingerprint density at radius 1 is 1.00 bits per heavy atom. The molecule has 34 heavy (non-hydrogen) atoms. The molecule has 2 aromatic heterocycles. The average Bonchev–Trinajstić information content (AvgIpc) is 3.09. The molecule has 0 spiro atoms. The van der Waals surface area contributed by atoms with E-state index in [-0.39, 0.29) is 11.2 Å². The summed E-state index contributed by atoms with van der Waals surface area (Å²) in [5, 5.41) is 7.98. The first-order valence-corrected chi connectivity index (χ1v) is 12.2. The number of benzene rings is 2. The highest BCUT2D eigenvalue weighted by molar-refractivity contribution is 8.00. The van der Waals surface area contributed by atoms with E-state index < -0.39 is 0 Å². The molecule has 5 rings (SSSR count). The average molecular weight is 471 g/mol. The summed E-state index contributed by atoms with van der Waals surface area (Å²) in [6.45, 7) is 3.87.